The van der Waals surface area contributed by atoms with E-state index in [9.17, 15) is 4.79 Å². The Morgan fingerprint density at radius 3 is 2.58 bits per heavy atom. The fourth-order valence-electron chi connectivity index (χ4n) is 3.76. The standard InChI is InChI=1S/C21H24N4O/c1-25(17-5-3-2-4-6-17)21(26)15-9-12-18-19(13-15)24-20(23-18)14-7-10-16(22)11-8-14/h7-13,17H,2-6,22H2,1H3,(H,23,24). The number of aromatic amines is 1. The van der Waals surface area contributed by atoms with Crippen LogP contribution in [0.1, 0.15) is 42.5 Å². The highest BCUT2D eigenvalue weighted by Crippen LogP contribution is 2.25. The molecule has 0 aliphatic heterocycles. The highest BCUT2D eigenvalue weighted by atomic mass is 16.2. The molecule has 3 aromatic rings. The number of anilines is 1. The SMILES string of the molecule is CN(C(=O)c1ccc2nc(-c3ccc(N)cc3)[nH]c2c1)C1CCCCC1. The maximum Gasteiger partial charge on any atom is 0.253 e. The molecule has 5 nitrogen and oxygen atoms in total. The number of nitrogen functional groups attached to an aromatic ring is 1. The molecule has 1 aromatic heterocycles. The Labute approximate surface area is 153 Å². The normalized spacial score (nSPS) is 15.3. The van der Waals surface area contributed by atoms with E-state index in [1.165, 1.54) is 19.3 Å². The van der Waals surface area contributed by atoms with Crippen LogP contribution in [0.25, 0.3) is 22.4 Å². The number of imidazole rings is 1. The van der Waals surface area contributed by atoms with Crippen LogP contribution in [0.4, 0.5) is 5.69 Å². The van der Waals surface area contributed by atoms with Crippen molar-refractivity contribution in [2.24, 2.45) is 0 Å². The van der Waals surface area contributed by atoms with E-state index >= 15 is 0 Å². The summed E-state index contributed by atoms with van der Waals surface area (Å²) < 4.78 is 0. The Morgan fingerprint density at radius 1 is 1.12 bits per heavy atom. The second kappa shape index (κ2) is 6.83. The molecule has 1 fully saturated rings. The average Bonchev–Trinajstić information content (AvgIpc) is 3.11. The highest BCUT2D eigenvalue weighted by molar-refractivity contribution is 5.97. The van der Waals surface area contributed by atoms with Crippen LogP contribution in [0.5, 0.6) is 0 Å². The number of aromatic nitrogens is 2. The summed E-state index contributed by atoms with van der Waals surface area (Å²) in [5.74, 6) is 0.868. The van der Waals surface area contributed by atoms with Crippen molar-refractivity contribution >= 4 is 22.6 Å². The molecule has 5 heteroatoms. The van der Waals surface area contributed by atoms with Crippen LogP contribution >= 0.6 is 0 Å². The van der Waals surface area contributed by atoms with Crippen molar-refractivity contribution in [1.82, 2.24) is 14.9 Å². The summed E-state index contributed by atoms with van der Waals surface area (Å²) in [5.41, 5.74) is 9.89. The van der Waals surface area contributed by atoms with E-state index in [1.54, 1.807) is 0 Å². The third-order valence-corrected chi connectivity index (χ3v) is 5.36. The Hall–Kier alpha value is -2.82. The molecule has 1 heterocycles. The molecule has 1 saturated carbocycles. The summed E-state index contributed by atoms with van der Waals surface area (Å²) in [5, 5.41) is 0. The van der Waals surface area contributed by atoms with Gasteiger partial charge in [0.15, 0.2) is 0 Å². The quantitative estimate of drug-likeness (QED) is 0.696. The van der Waals surface area contributed by atoms with Crippen LogP contribution in [-0.4, -0.2) is 33.9 Å². The molecule has 1 aliphatic carbocycles. The van der Waals surface area contributed by atoms with E-state index in [2.05, 4.69) is 9.97 Å². The predicted molar refractivity (Wildman–Crippen MR) is 105 cm³/mol. The maximum atomic E-state index is 12.9. The minimum absolute atomic E-state index is 0.0856. The molecule has 134 valence electrons. The molecule has 0 saturated heterocycles. The third-order valence-electron chi connectivity index (χ3n) is 5.36. The zero-order chi connectivity index (χ0) is 18.1. The zero-order valence-corrected chi connectivity index (χ0v) is 15.0. The Balaban J connectivity index is 1.60. The topological polar surface area (TPSA) is 75.0 Å². The van der Waals surface area contributed by atoms with Crippen LogP contribution in [0.3, 0.4) is 0 Å². The van der Waals surface area contributed by atoms with Crippen LogP contribution < -0.4 is 5.73 Å². The highest BCUT2D eigenvalue weighted by Gasteiger charge is 2.23. The van der Waals surface area contributed by atoms with Crippen molar-refractivity contribution < 1.29 is 4.79 Å². The summed E-state index contributed by atoms with van der Waals surface area (Å²) in [7, 11) is 1.93. The van der Waals surface area contributed by atoms with E-state index in [0.717, 1.165) is 41.0 Å². The molecule has 3 N–H and O–H groups in total. The molecule has 4 rings (SSSR count). The van der Waals surface area contributed by atoms with Gasteiger partial charge in [-0.2, -0.15) is 0 Å². The summed E-state index contributed by atoms with van der Waals surface area (Å²) in [4.78, 5) is 22.7. The van der Waals surface area contributed by atoms with Crippen LogP contribution in [0, 0.1) is 0 Å². The first kappa shape index (κ1) is 16.6. The first-order chi connectivity index (χ1) is 12.6. The molecule has 26 heavy (non-hydrogen) atoms. The number of nitrogens with zero attached hydrogens (tertiary/aromatic N) is 2. The van der Waals surface area contributed by atoms with Gasteiger partial charge in [-0.25, -0.2) is 4.98 Å². The number of carbonyl (C=O) groups is 1. The van der Waals surface area contributed by atoms with E-state index < -0.39 is 0 Å². The van der Waals surface area contributed by atoms with E-state index in [1.807, 2.05) is 54.4 Å². The smallest absolute Gasteiger partial charge is 0.253 e. The Kier molecular flexibility index (Phi) is 4.37. The van der Waals surface area contributed by atoms with Crippen molar-refractivity contribution in [2.75, 3.05) is 12.8 Å². The van der Waals surface area contributed by atoms with E-state index in [0.29, 0.717) is 11.6 Å². The molecule has 0 atom stereocenters. The molecule has 0 radical (unpaired) electrons. The van der Waals surface area contributed by atoms with Gasteiger partial charge in [0.1, 0.15) is 5.82 Å². The molecule has 0 spiro atoms. The van der Waals surface area contributed by atoms with Gasteiger partial charge in [0.05, 0.1) is 11.0 Å². The van der Waals surface area contributed by atoms with Crippen molar-refractivity contribution in [3.05, 3.63) is 48.0 Å². The van der Waals surface area contributed by atoms with E-state index in [4.69, 9.17) is 5.73 Å². The number of hydrogen-bond donors (Lipinski definition) is 2. The lowest BCUT2D eigenvalue weighted by Gasteiger charge is -2.31. The van der Waals surface area contributed by atoms with Gasteiger partial charge in [0.25, 0.3) is 5.91 Å². The zero-order valence-electron chi connectivity index (χ0n) is 15.0. The number of rotatable bonds is 3. The number of benzene rings is 2. The molecule has 0 bridgehead atoms. The monoisotopic (exact) mass is 348 g/mol. The van der Waals surface area contributed by atoms with Gasteiger partial charge in [-0.05, 0) is 55.3 Å². The first-order valence-electron chi connectivity index (χ1n) is 9.24. The second-order valence-electron chi connectivity index (χ2n) is 7.15. The van der Waals surface area contributed by atoms with Crippen molar-refractivity contribution in [2.45, 2.75) is 38.1 Å². The Morgan fingerprint density at radius 2 is 1.85 bits per heavy atom. The number of carbonyl (C=O) groups excluding carboxylic acids is 1. The summed E-state index contributed by atoms with van der Waals surface area (Å²) >= 11 is 0. The summed E-state index contributed by atoms with van der Waals surface area (Å²) in [6, 6.07) is 13.6. The molecule has 2 aromatic carbocycles. The van der Waals surface area contributed by atoms with Gasteiger partial charge < -0.3 is 15.6 Å². The fourth-order valence-corrected chi connectivity index (χ4v) is 3.76. The van der Waals surface area contributed by atoms with Crippen LogP contribution in [0.15, 0.2) is 42.5 Å². The number of nitrogens with two attached hydrogens (primary N) is 1. The average molecular weight is 348 g/mol. The number of amides is 1. The minimum Gasteiger partial charge on any atom is -0.399 e. The summed E-state index contributed by atoms with van der Waals surface area (Å²) in [6.07, 6.45) is 5.93. The van der Waals surface area contributed by atoms with Gasteiger partial charge in [0, 0.05) is 29.9 Å². The van der Waals surface area contributed by atoms with Gasteiger partial charge in [-0.3, -0.25) is 4.79 Å². The van der Waals surface area contributed by atoms with Gasteiger partial charge >= 0.3 is 0 Å². The summed E-state index contributed by atoms with van der Waals surface area (Å²) in [6.45, 7) is 0. The fraction of sp³-hybridized carbons (Fsp3) is 0.333. The molecule has 0 unspecified atom stereocenters. The van der Waals surface area contributed by atoms with Crippen LogP contribution in [-0.2, 0) is 0 Å². The maximum absolute atomic E-state index is 12.9. The lowest BCUT2D eigenvalue weighted by molar-refractivity contribution is 0.0696. The number of H-pyrrole nitrogens is 1. The van der Waals surface area contributed by atoms with Crippen molar-refractivity contribution in [3.8, 4) is 11.4 Å². The number of hydrogen-bond acceptors (Lipinski definition) is 3. The largest absolute Gasteiger partial charge is 0.399 e. The van der Waals surface area contributed by atoms with Crippen LogP contribution in [0.2, 0.25) is 0 Å². The minimum atomic E-state index is 0.0856. The van der Waals surface area contributed by atoms with Gasteiger partial charge in [-0.15, -0.1) is 0 Å². The lowest BCUT2D eigenvalue weighted by Crippen LogP contribution is -2.38. The van der Waals surface area contributed by atoms with Gasteiger partial charge in [0.2, 0.25) is 0 Å². The molecular formula is C21H24N4O. The predicted octanol–water partition coefficient (Wildman–Crippen LogP) is 4.22. The first-order valence-corrected chi connectivity index (χ1v) is 9.24. The van der Waals surface area contributed by atoms with Crippen molar-refractivity contribution in [3.63, 3.8) is 0 Å². The van der Waals surface area contributed by atoms with Crippen molar-refractivity contribution in [1.29, 1.82) is 0 Å². The molecule has 1 aliphatic rings. The Bertz CT molecular complexity index is 923. The molecular weight excluding hydrogens is 324 g/mol. The third kappa shape index (κ3) is 3.17. The number of nitrogens with one attached hydrogen (secondary N) is 1. The van der Waals surface area contributed by atoms with E-state index in [-0.39, 0.29) is 5.91 Å². The molecule has 1 amide bonds. The second-order valence-corrected chi connectivity index (χ2v) is 7.15. The lowest BCUT2D eigenvalue weighted by atomic mass is 9.94. The number of fused-ring (bicyclic) bond motifs is 1. The van der Waals surface area contributed by atoms with Gasteiger partial charge in [-0.1, -0.05) is 19.3 Å².